The Morgan fingerprint density at radius 3 is 2.81 bits per heavy atom. The van der Waals surface area contributed by atoms with E-state index in [0.717, 1.165) is 6.07 Å². The number of halogens is 2. The molecular formula is C10H7ClFN3O. The third-order valence-electron chi connectivity index (χ3n) is 1.77. The van der Waals surface area contributed by atoms with Gasteiger partial charge in [-0.15, -0.1) is 0 Å². The van der Waals surface area contributed by atoms with Crippen LogP contribution < -0.4 is 10.5 Å². The lowest BCUT2D eigenvalue weighted by Gasteiger charge is -2.05. The molecule has 6 heteroatoms. The second-order valence-corrected chi connectivity index (χ2v) is 3.29. The fourth-order valence-electron chi connectivity index (χ4n) is 1.09. The van der Waals surface area contributed by atoms with E-state index in [9.17, 15) is 4.39 Å². The lowest BCUT2D eigenvalue weighted by molar-refractivity contribution is 0.427. The number of ether oxygens (including phenoxy) is 1. The lowest BCUT2D eigenvalue weighted by atomic mass is 10.3. The lowest BCUT2D eigenvalue weighted by Crippen LogP contribution is -1.93. The van der Waals surface area contributed by atoms with Crippen molar-refractivity contribution in [3.8, 4) is 11.6 Å². The van der Waals surface area contributed by atoms with Gasteiger partial charge in [-0.2, -0.15) is 4.98 Å². The first kappa shape index (κ1) is 10.6. The molecule has 0 spiro atoms. The highest BCUT2D eigenvalue weighted by Crippen LogP contribution is 2.24. The van der Waals surface area contributed by atoms with Gasteiger partial charge in [0.05, 0.1) is 0 Å². The Hall–Kier alpha value is -1.88. The molecule has 0 atom stereocenters. The fraction of sp³-hybridized carbons (Fsp3) is 0. The standard InChI is InChI=1S/C10H7ClFN3O/c11-10-14-4-3-9(15-10)16-8-2-1-6(13)5-7(8)12/h1-5H,13H2. The van der Waals surface area contributed by atoms with E-state index in [-0.39, 0.29) is 16.9 Å². The molecule has 0 aliphatic rings. The number of aromatic nitrogens is 2. The molecule has 1 heterocycles. The molecule has 16 heavy (non-hydrogen) atoms. The Morgan fingerprint density at radius 2 is 2.12 bits per heavy atom. The number of nitrogens with two attached hydrogens (primary N) is 1. The minimum Gasteiger partial charge on any atom is -0.436 e. The molecule has 0 unspecified atom stereocenters. The van der Waals surface area contributed by atoms with Crippen molar-refractivity contribution < 1.29 is 9.13 Å². The van der Waals surface area contributed by atoms with Crippen LogP contribution in [0, 0.1) is 5.82 Å². The summed E-state index contributed by atoms with van der Waals surface area (Å²) in [5, 5.41) is 0.0355. The normalized spacial score (nSPS) is 10.1. The van der Waals surface area contributed by atoms with Gasteiger partial charge in [0.2, 0.25) is 11.2 Å². The van der Waals surface area contributed by atoms with Crippen molar-refractivity contribution in [1.29, 1.82) is 0 Å². The predicted octanol–water partition coefficient (Wildman–Crippen LogP) is 2.64. The summed E-state index contributed by atoms with van der Waals surface area (Å²) in [7, 11) is 0. The maximum atomic E-state index is 13.4. The van der Waals surface area contributed by atoms with Crippen LogP contribution in [0.2, 0.25) is 5.28 Å². The highest BCUT2D eigenvalue weighted by Gasteiger charge is 2.06. The SMILES string of the molecule is Nc1ccc(Oc2ccnc(Cl)n2)c(F)c1. The molecule has 0 aliphatic carbocycles. The van der Waals surface area contributed by atoms with Gasteiger partial charge in [0.1, 0.15) is 0 Å². The van der Waals surface area contributed by atoms with Gasteiger partial charge >= 0.3 is 0 Å². The Bertz CT molecular complexity index is 521. The van der Waals surface area contributed by atoms with E-state index in [2.05, 4.69) is 9.97 Å². The van der Waals surface area contributed by atoms with Gasteiger partial charge in [-0.25, -0.2) is 9.37 Å². The molecule has 0 aliphatic heterocycles. The van der Waals surface area contributed by atoms with Gasteiger partial charge in [0, 0.05) is 24.0 Å². The average Bonchev–Trinajstić information content (AvgIpc) is 2.22. The van der Waals surface area contributed by atoms with Crippen molar-refractivity contribution in [2.75, 3.05) is 5.73 Å². The first-order valence-corrected chi connectivity index (χ1v) is 4.74. The zero-order valence-corrected chi connectivity index (χ0v) is 8.78. The molecule has 4 nitrogen and oxygen atoms in total. The van der Waals surface area contributed by atoms with Gasteiger partial charge in [-0.1, -0.05) is 0 Å². The summed E-state index contributed by atoms with van der Waals surface area (Å²) in [6, 6.07) is 5.59. The second kappa shape index (κ2) is 4.32. The van der Waals surface area contributed by atoms with E-state index in [1.54, 1.807) is 0 Å². The molecule has 82 valence electrons. The van der Waals surface area contributed by atoms with E-state index >= 15 is 0 Å². The van der Waals surface area contributed by atoms with Crippen LogP contribution in [-0.4, -0.2) is 9.97 Å². The van der Waals surface area contributed by atoms with Crippen LogP contribution in [0.4, 0.5) is 10.1 Å². The molecule has 0 saturated carbocycles. The van der Waals surface area contributed by atoms with E-state index in [1.165, 1.54) is 24.4 Å². The fourth-order valence-corrected chi connectivity index (χ4v) is 1.23. The van der Waals surface area contributed by atoms with Gasteiger partial charge in [-0.3, -0.25) is 0 Å². The van der Waals surface area contributed by atoms with Gasteiger partial charge in [0.25, 0.3) is 0 Å². The summed E-state index contributed by atoms with van der Waals surface area (Å²) in [5.74, 6) is -0.359. The van der Waals surface area contributed by atoms with Crippen molar-refractivity contribution in [2.24, 2.45) is 0 Å². The first-order valence-electron chi connectivity index (χ1n) is 4.36. The quantitative estimate of drug-likeness (QED) is 0.646. The van der Waals surface area contributed by atoms with Crippen LogP contribution in [0.15, 0.2) is 30.5 Å². The third-order valence-corrected chi connectivity index (χ3v) is 1.95. The summed E-state index contributed by atoms with van der Waals surface area (Å²) >= 11 is 5.56. The largest absolute Gasteiger partial charge is 0.436 e. The zero-order chi connectivity index (χ0) is 11.5. The van der Waals surface area contributed by atoms with Crippen LogP contribution in [-0.2, 0) is 0 Å². The van der Waals surface area contributed by atoms with Gasteiger partial charge in [-0.05, 0) is 23.7 Å². The maximum Gasteiger partial charge on any atom is 0.225 e. The molecule has 1 aromatic heterocycles. The molecule has 2 N–H and O–H groups in total. The smallest absolute Gasteiger partial charge is 0.225 e. The van der Waals surface area contributed by atoms with E-state index in [1.807, 2.05) is 0 Å². The predicted molar refractivity (Wildman–Crippen MR) is 57.9 cm³/mol. The Labute approximate surface area is 95.9 Å². The number of benzene rings is 1. The van der Waals surface area contributed by atoms with Crippen molar-refractivity contribution in [1.82, 2.24) is 9.97 Å². The van der Waals surface area contributed by atoms with Crippen LogP contribution in [0.25, 0.3) is 0 Å². The molecule has 0 bridgehead atoms. The van der Waals surface area contributed by atoms with Gasteiger partial charge < -0.3 is 10.5 Å². The van der Waals surface area contributed by atoms with Crippen molar-refractivity contribution in [3.63, 3.8) is 0 Å². The number of rotatable bonds is 2. The number of hydrogen-bond acceptors (Lipinski definition) is 4. The molecule has 0 radical (unpaired) electrons. The molecule has 0 amide bonds. The Morgan fingerprint density at radius 1 is 1.31 bits per heavy atom. The zero-order valence-electron chi connectivity index (χ0n) is 8.02. The third kappa shape index (κ3) is 2.38. The summed E-state index contributed by atoms with van der Waals surface area (Å²) in [5.41, 5.74) is 5.73. The molecule has 1 aromatic carbocycles. The number of nitrogen functional groups attached to an aromatic ring is 1. The van der Waals surface area contributed by atoms with Crippen molar-refractivity contribution in [3.05, 3.63) is 41.6 Å². The van der Waals surface area contributed by atoms with Crippen molar-refractivity contribution >= 4 is 17.3 Å². The second-order valence-electron chi connectivity index (χ2n) is 2.96. The summed E-state index contributed by atoms with van der Waals surface area (Å²) < 4.78 is 18.5. The number of hydrogen-bond donors (Lipinski definition) is 1. The number of anilines is 1. The Kier molecular flexibility index (Phi) is 2.87. The molecule has 0 saturated heterocycles. The average molecular weight is 240 g/mol. The minimum absolute atomic E-state index is 0.0315. The topological polar surface area (TPSA) is 61.0 Å². The van der Waals surface area contributed by atoms with Crippen LogP contribution >= 0.6 is 11.6 Å². The van der Waals surface area contributed by atoms with E-state index < -0.39 is 5.82 Å². The van der Waals surface area contributed by atoms with E-state index in [0.29, 0.717) is 5.69 Å². The molecular weight excluding hydrogens is 233 g/mol. The highest BCUT2D eigenvalue weighted by atomic mass is 35.5. The van der Waals surface area contributed by atoms with Crippen molar-refractivity contribution in [2.45, 2.75) is 0 Å². The summed E-state index contributed by atoms with van der Waals surface area (Å²) in [6.07, 6.45) is 1.42. The monoisotopic (exact) mass is 239 g/mol. The first-order chi connectivity index (χ1) is 7.65. The molecule has 0 fully saturated rings. The minimum atomic E-state index is -0.560. The maximum absolute atomic E-state index is 13.4. The van der Waals surface area contributed by atoms with E-state index in [4.69, 9.17) is 22.1 Å². The molecule has 2 rings (SSSR count). The number of nitrogens with zero attached hydrogens (tertiary/aromatic N) is 2. The summed E-state index contributed by atoms with van der Waals surface area (Å²) in [4.78, 5) is 7.44. The Balaban J connectivity index is 2.27. The van der Waals surface area contributed by atoms with Gasteiger partial charge in [0.15, 0.2) is 11.6 Å². The van der Waals surface area contributed by atoms with Crippen LogP contribution in [0.5, 0.6) is 11.6 Å². The molecule has 2 aromatic rings. The highest BCUT2D eigenvalue weighted by molar-refractivity contribution is 6.28. The van der Waals surface area contributed by atoms with Crippen LogP contribution in [0.3, 0.4) is 0 Å². The van der Waals surface area contributed by atoms with Crippen LogP contribution in [0.1, 0.15) is 0 Å². The summed E-state index contributed by atoms with van der Waals surface area (Å²) in [6.45, 7) is 0.